The zero-order valence-electron chi connectivity index (χ0n) is 7.59. The van der Waals surface area contributed by atoms with Crippen LogP contribution in [0.5, 0.6) is 0 Å². The lowest BCUT2D eigenvalue weighted by Crippen LogP contribution is -2.28. The maximum absolute atomic E-state index is 12.9. The van der Waals surface area contributed by atoms with Crippen molar-refractivity contribution in [3.8, 4) is 0 Å². The van der Waals surface area contributed by atoms with Gasteiger partial charge in [-0.2, -0.15) is 0 Å². The van der Waals surface area contributed by atoms with Crippen molar-refractivity contribution in [2.75, 3.05) is 13.1 Å². The van der Waals surface area contributed by atoms with Gasteiger partial charge in [0.15, 0.2) is 0 Å². The fourth-order valence-electron chi connectivity index (χ4n) is 1.90. The van der Waals surface area contributed by atoms with Crippen LogP contribution < -0.4 is 5.32 Å². The average molecular weight is 179 g/mol. The van der Waals surface area contributed by atoms with Crippen LogP contribution in [0, 0.1) is 5.82 Å². The van der Waals surface area contributed by atoms with Crippen LogP contribution in [-0.4, -0.2) is 13.1 Å². The monoisotopic (exact) mass is 179 g/mol. The van der Waals surface area contributed by atoms with Crippen molar-refractivity contribution in [1.82, 2.24) is 5.32 Å². The lowest BCUT2D eigenvalue weighted by atomic mass is 9.92. The number of nitrogens with one attached hydrogen (secondary N) is 1. The van der Waals surface area contributed by atoms with Crippen molar-refractivity contribution < 1.29 is 4.39 Å². The molecule has 0 amide bonds. The highest BCUT2D eigenvalue weighted by atomic mass is 19.1. The van der Waals surface area contributed by atoms with Gasteiger partial charge in [0, 0.05) is 6.54 Å². The van der Waals surface area contributed by atoms with Crippen LogP contribution in [0.4, 0.5) is 4.39 Å². The van der Waals surface area contributed by atoms with Gasteiger partial charge in [-0.3, -0.25) is 0 Å². The van der Waals surface area contributed by atoms with E-state index < -0.39 is 0 Å². The van der Waals surface area contributed by atoms with E-state index in [-0.39, 0.29) is 5.82 Å². The van der Waals surface area contributed by atoms with E-state index in [0.29, 0.717) is 5.92 Å². The zero-order chi connectivity index (χ0) is 9.10. The number of hydrogen-bond donors (Lipinski definition) is 1. The molecule has 1 aromatic carbocycles. The molecule has 1 N–H and O–H groups in total. The summed E-state index contributed by atoms with van der Waals surface area (Å²) in [6, 6.07) is 6.96. The van der Waals surface area contributed by atoms with Gasteiger partial charge in [-0.05, 0) is 43.0 Å². The SMILES string of the molecule is Fc1cccc(C2CCCNC2)c1. The average Bonchev–Trinajstić information content (AvgIpc) is 2.19. The van der Waals surface area contributed by atoms with E-state index in [0.717, 1.165) is 18.7 Å². The Morgan fingerprint density at radius 3 is 3.00 bits per heavy atom. The van der Waals surface area contributed by atoms with Crippen molar-refractivity contribution >= 4 is 0 Å². The van der Waals surface area contributed by atoms with Gasteiger partial charge in [0.25, 0.3) is 0 Å². The first-order valence-electron chi connectivity index (χ1n) is 4.82. The summed E-state index contributed by atoms with van der Waals surface area (Å²) in [5.74, 6) is 0.382. The smallest absolute Gasteiger partial charge is 0.123 e. The minimum atomic E-state index is -0.122. The molecule has 2 heteroatoms. The van der Waals surface area contributed by atoms with Gasteiger partial charge in [-0.25, -0.2) is 4.39 Å². The minimum Gasteiger partial charge on any atom is -0.316 e. The third-order valence-corrected chi connectivity index (χ3v) is 2.62. The van der Waals surface area contributed by atoms with Crippen LogP contribution in [0.1, 0.15) is 24.3 Å². The third kappa shape index (κ3) is 2.07. The van der Waals surface area contributed by atoms with E-state index in [1.54, 1.807) is 12.1 Å². The Hall–Kier alpha value is -0.890. The fourth-order valence-corrected chi connectivity index (χ4v) is 1.90. The summed E-state index contributed by atoms with van der Waals surface area (Å²) < 4.78 is 12.9. The van der Waals surface area contributed by atoms with E-state index >= 15 is 0 Å². The second kappa shape index (κ2) is 3.88. The Labute approximate surface area is 78.0 Å². The Morgan fingerprint density at radius 2 is 2.31 bits per heavy atom. The van der Waals surface area contributed by atoms with Gasteiger partial charge in [-0.1, -0.05) is 12.1 Å². The molecule has 1 aliphatic rings. The predicted octanol–water partition coefficient (Wildman–Crippen LogP) is 2.29. The van der Waals surface area contributed by atoms with Gasteiger partial charge in [0.2, 0.25) is 0 Å². The second-order valence-electron chi connectivity index (χ2n) is 3.60. The number of hydrogen-bond acceptors (Lipinski definition) is 1. The number of rotatable bonds is 1. The summed E-state index contributed by atoms with van der Waals surface area (Å²) in [5, 5.41) is 3.33. The molecular formula is C11H14FN. The summed E-state index contributed by atoms with van der Waals surface area (Å²) in [4.78, 5) is 0. The zero-order valence-corrected chi connectivity index (χ0v) is 7.59. The molecule has 0 aliphatic carbocycles. The summed E-state index contributed by atoms with van der Waals surface area (Å²) >= 11 is 0. The Kier molecular flexibility index (Phi) is 2.60. The summed E-state index contributed by atoms with van der Waals surface area (Å²) in [6.45, 7) is 2.09. The standard InChI is InChI=1S/C11H14FN/c12-11-5-1-3-9(7-11)10-4-2-6-13-8-10/h1,3,5,7,10,13H,2,4,6,8H2. The molecule has 2 rings (SSSR count). The topological polar surface area (TPSA) is 12.0 Å². The molecule has 1 atom stereocenters. The number of halogens is 1. The van der Waals surface area contributed by atoms with Crippen LogP contribution in [0.15, 0.2) is 24.3 Å². The number of piperidine rings is 1. The van der Waals surface area contributed by atoms with Crippen molar-refractivity contribution in [3.63, 3.8) is 0 Å². The maximum atomic E-state index is 12.9. The van der Waals surface area contributed by atoms with E-state index in [2.05, 4.69) is 5.32 Å². The lowest BCUT2D eigenvalue weighted by molar-refractivity contribution is 0.460. The molecule has 1 fully saturated rings. The quantitative estimate of drug-likeness (QED) is 0.697. The van der Waals surface area contributed by atoms with E-state index in [4.69, 9.17) is 0 Å². The van der Waals surface area contributed by atoms with Gasteiger partial charge in [-0.15, -0.1) is 0 Å². The third-order valence-electron chi connectivity index (χ3n) is 2.62. The molecule has 0 spiro atoms. The highest BCUT2D eigenvalue weighted by Gasteiger charge is 2.14. The lowest BCUT2D eigenvalue weighted by Gasteiger charge is -2.22. The van der Waals surface area contributed by atoms with E-state index in [1.807, 2.05) is 6.07 Å². The molecule has 0 aromatic heterocycles. The molecule has 1 saturated heterocycles. The Bertz CT molecular complexity index is 279. The van der Waals surface area contributed by atoms with E-state index in [1.165, 1.54) is 18.9 Å². The minimum absolute atomic E-state index is 0.122. The van der Waals surface area contributed by atoms with Gasteiger partial charge in [0.1, 0.15) is 5.82 Å². The molecule has 1 aliphatic heterocycles. The van der Waals surface area contributed by atoms with Crippen LogP contribution in [-0.2, 0) is 0 Å². The number of benzene rings is 1. The normalized spacial score (nSPS) is 23.0. The largest absolute Gasteiger partial charge is 0.316 e. The van der Waals surface area contributed by atoms with Crippen LogP contribution in [0.2, 0.25) is 0 Å². The molecule has 70 valence electrons. The molecule has 1 nitrogen and oxygen atoms in total. The first-order valence-corrected chi connectivity index (χ1v) is 4.82. The van der Waals surface area contributed by atoms with Crippen LogP contribution >= 0.6 is 0 Å². The molecule has 0 saturated carbocycles. The second-order valence-corrected chi connectivity index (χ2v) is 3.60. The van der Waals surface area contributed by atoms with Crippen molar-refractivity contribution in [3.05, 3.63) is 35.6 Å². The molecule has 13 heavy (non-hydrogen) atoms. The highest BCUT2D eigenvalue weighted by molar-refractivity contribution is 5.21. The molecule has 1 heterocycles. The fraction of sp³-hybridized carbons (Fsp3) is 0.455. The summed E-state index contributed by atoms with van der Waals surface area (Å²) in [5.41, 5.74) is 1.13. The van der Waals surface area contributed by atoms with Crippen molar-refractivity contribution in [2.24, 2.45) is 0 Å². The van der Waals surface area contributed by atoms with Crippen LogP contribution in [0.25, 0.3) is 0 Å². The predicted molar refractivity (Wildman–Crippen MR) is 51.2 cm³/mol. The summed E-state index contributed by atoms with van der Waals surface area (Å²) in [6.07, 6.45) is 2.37. The van der Waals surface area contributed by atoms with Crippen molar-refractivity contribution in [1.29, 1.82) is 0 Å². The van der Waals surface area contributed by atoms with Crippen molar-refractivity contribution in [2.45, 2.75) is 18.8 Å². The van der Waals surface area contributed by atoms with Gasteiger partial charge >= 0.3 is 0 Å². The molecule has 0 bridgehead atoms. The first-order chi connectivity index (χ1) is 6.36. The molecule has 1 unspecified atom stereocenters. The summed E-state index contributed by atoms with van der Waals surface area (Å²) in [7, 11) is 0. The Morgan fingerprint density at radius 1 is 1.38 bits per heavy atom. The molecule has 1 aromatic rings. The van der Waals surface area contributed by atoms with Crippen LogP contribution in [0.3, 0.4) is 0 Å². The molecular weight excluding hydrogens is 165 g/mol. The molecule has 0 radical (unpaired) electrons. The van der Waals surface area contributed by atoms with E-state index in [9.17, 15) is 4.39 Å². The van der Waals surface area contributed by atoms with Gasteiger partial charge in [0.05, 0.1) is 0 Å². The Balaban J connectivity index is 2.14. The maximum Gasteiger partial charge on any atom is 0.123 e. The van der Waals surface area contributed by atoms with Gasteiger partial charge < -0.3 is 5.32 Å². The highest BCUT2D eigenvalue weighted by Crippen LogP contribution is 2.23. The first kappa shape index (κ1) is 8.70.